The maximum atomic E-state index is 3.46. The molecular weight excluding hydrogens is 170 g/mol. The van der Waals surface area contributed by atoms with Crippen molar-refractivity contribution in [2.45, 2.75) is 44.9 Å². The van der Waals surface area contributed by atoms with Crippen molar-refractivity contribution in [3.05, 3.63) is 0 Å². The molecule has 2 rings (SSSR count). The fraction of sp³-hybridized carbons (Fsp3) is 1.00. The molecule has 0 bridgehead atoms. The summed E-state index contributed by atoms with van der Waals surface area (Å²) in [6.07, 6.45) is 10.4. The Balaban J connectivity index is 0.000000720. The molecule has 1 spiro atoms. The highest BCUT2D eigenvalue weighted by Gasteiger charge is 2.32. The molecule has 72 valence electrons. The average Bonchev–Trinajstić information content (AvgIpc) is 2.07. The van der Waals surface area contributed by atoms with E-state index in [1.165, 1.54) is 58.0 Å². The molecule has 2 heteroatoms. The molecule has 0 aromatic heterocycles. The zero-order valence-corrected chi connectivity index (χ0v) is 8.59. The molecule has 0 unspecified atom stereocenters. The van der Waals surface area contributed by atoms with Gasteiger partial charge in [-0.15, -0.1) is 12.4 Å². The fourth-order valence-electron chi connectivity index (χ4n) is 2.76. The Morgan fingerprint density at radius 2 is 1.33 bits per heavy atom. The lowest BCUT2D eigenvalue weighted by Gasteiger charge is -2.40. The summed E-state index contributed by atoms with van der Waals surface area (Å²) >= 11 is 0. The number of nitrogens with one attached hydrogen (secondary N) is 1. The monoisotopic (exact) mass is 189 g/mol. The van der Waals surface area contributed by atoms with E-state index in [2.05, 4.69) is 5.32 Å². The minimum Gasteiger partial charge on any atom is -0.317 e. The summed E-state index contributed by atoms with van der Waals surface area (Å²) < 4.78 is 0. The van der Waals surface area contributed by atoms with E-state index in [1.54, 1.807) is 0 Å². The van der Waals surface area contributed by atoms with Crippen molar-refractivity contribution in [3.63, 3.8) is 0 Å². The van der Waals surface area contributed by atoms with Crippen LogP contribution in [0.25, 0.3) is 0 Å². The van der Waals surface area contributed by atoms with Crippen molar-refractivity contribution in [3.8, 4) is 0 Å². The highest BCUT2D eigenvalue weighted by Crippen LogP contribution is 2.42. The van der Waals surface area contributed by atoms with Crippen LogP contribution in [0.1, 0.15) is 44.9 Å². The predicted octanol–water partition coefficient (Wildman–Crippen LogP) is 2.74. The van der Waals surface area contributed by atoms with Gasteiger partial charge in [0, 0.05) is 0 Å². The Morgan fingerprint density at radius 1 is 0.750 bits per heavy atom. The first-order valence-corrected chi connectivity index (χ1v) is 5.12. The molecule has 0 aromatic carbocycles. The van der Waals surface area contributed by atoms with Crippen LogP contribution in [0.3, 0.4) is 0 Å². The van der Waals surface area contributed by atoms with Gasteiger partial charge in [-0.25, -0.2) is 0 Å². The fourth-order valence-corrected chi connectivity index (χ4v) is 2.76. The SMILES string of the molecule is C1CCC2(CC1)CCNCC2.Cl. The molecule has 1 saturated heterocycles. The third-order valence-corrected chi connectivity index (χ3v) is 3.58. The van der Waals surface area contributed by atoms with Crippen molar-refractivity contribution < 1.29 is 0 Å². The van der Waals surface area contributed by atoms with Gasteiger partial charge in [-0.2, -0.15) is 0 Å². The van der Waals surface area contributed by atoms with Gasteiger partial charge in [-0.1, -0.05) is 19.3 Å². The third kappa shape index (κ3) is 2.14. The van der Waals surface area contributed by atoms with Crippen molar-refractivity contribution in [2.24, 2.45) is 5.41 Å². The zero-order chi connectivity index (χ0) is 7.57. The van der Waals surface area contributed by atoms with Crippen molar-refractivity contribution in [1.82, 2.24) is 5.32 Å². The van der Waals surface area contributed by atoms with Gasteiger partial charge in [0.15, 0.2) is 0 Å². The van der Waals surface area contributed by atoms with E-state index in [0.717, 1.165) is 5.41 Å². The first-order valence-electron chi connectivity index (χ1n) is 5.12. The second-order valence-corrected chi connectivity index (χ2v) is 4.31. The van der Waals surface area contributed by atoms with Crippen LogP contribution in [0.2, 0.25) is 0 Å². The Bertz CT molecular complexity index is 104. The van der Waals surface area contributed by atoms with Crippen LogP contribution in [0.4, 0.5) is 0 Å². The molecule has 0 radical (unpaired) electrons. The Morgan fingerprint density at radius 3 is 1.92 bits per heavy atom. The summed E-state index contributed by atoms with van der Waals surface area (Å²) in [4.78, 5) is 0. The van der Waals surface area contributed by atoms with Crippen LogP contribution in [-0.2, 0) is 0 Å². The summed E-state index contributed by atoms with van der Waals surface area (Å²) in [5, 5.41) is 3.46. The van der Waals surface area contributed by atoms with E-state index >= 15 is 0 Å². The van der Waals surface area contributed by atoms with E-state index in [9.17, 15) is 0 Å². The maximum absolute atomic E-state index is 3.46. The van der Waals surface area contributed by atoms with E-state index in [4.69, 9.17) is 0 Å². The van der Waals surface area contributed by atoms with Gasteiger partial charge in [0.25, 0.3) is 0 Å². The van der Waals surface area contributed by atoms with Gasteiger partial charge in [0.1, 0.15) is 0 Å². The van der Waals surface area contributed by atoms with Crippen molar-refractivity contribution in [2.75, 3.05) is 13.1 Å². The van der Waals surface area contributed by atoms with E-state index < -0.39 is 0 Å². The van der Waals surface area contributed by atoms with E-state index in [0.29, 0.717) is 0 Å². The van der Waals surface area contributed by atoms with E-state index in [1.807, 2.05) is 0 Å². The standard InChI is InChI=1S/C10H19N.ClH/c1-2-4-10(5-3-1)6-8-11-9-7-10;/h11H,1-9H2;1H. The van der Waals surface area contributed by atoms with Gasteiger partial charge in [0.2, 0.25) is 0 Å². The topological polar surface area (TPSA) is 12.0 Å². The van der Waals surface area contributed by atoms with Gasteiger partial charge in [0.05, 0.1) is 0 Å². The molecule has 1 N–H and O–H groups in total. The second kappa shape index (κ2) is 4.48. The lowest BCUT2D eigenvalue weighted by atomic mass is 9.68. The molecular formula is C10H20ClN. The lowest BCUT2D eigenvalue weighted by Crippen LogP contribution is -2.37. The first kappa shape index (κ1) is 10.3. The van der Waals surface area contributed by atoms with Gasteiger partial charge in [-0.3, -0.25) is 0 Å². The molecule has 2 fully saturated rings. The molecule has 1 aliphatic heterocycles. The summed E-state index contributed by atoms with van der Waals surface area (Å²) in [6, 6.07) is 0. The molecule has 12 heavy (non-hydrogen) atoms. The highest BCUT2D eigenvalue weighted by molar-refractivity contribution is 5.85. The van der Waals surface area contributed by atoms with Crippen molar-refractivity contribution in [1.29, 1.82) is 0 Å². The Kier molecular flexibility index (Phi) is 3.85. The molecule has 1 saturated carbocycles. The first-order chi connectivity index (χ1) is 5.41. The quantitative estimate of drug-likeness (QED) is 0.618. The summed E-state index contributed by atoms with van der Waals surface area (Å²) in [7, 11) is 0. The minimum absolute atomic E-state index is 0. The number of rotatable bonds is 0. The molecule has 0 amide bonds. The summed E-state index contributed by atoms with van der Waals surface area (Å²) in [6.45, 7) is 2.56. The van der Waals surface area contributed by atoms with Crippen LogP contribution in [0, 0.1) is 5.41 Å². The zero-order valence-electron chi connectivity index (χ0n) is 7.77. The van der Waals surface area contributed by atoms with Gasteiger partial charge in [-0.05, 0) is 44.2 Å². The summed E-state index contributed by atoms with van der Waals surface area (Å²) in [5.74, 6) is 0. The van der Waals surface area contributed by atoms with E-state index in [-0.39, 0.29) is 12.4 Å². The lowest BCUT2D eigenvalue weighted by molar-refractivity contribution is 0.134. The highest BCUT2D eigenvalue weighted by atomic mass is 35.5. The molecule has 0 atom stereocenters. The Labute approximate surface area is 81.7 Å². The second-order valence-electron chi connectivity index (χ2n) is 4.31. The minimum atomic E-state index is 0. The summed E-state index contributed by atoms with van der Waals surface area (Å²) in [5.41, 5.74) is 0.795. The number of halogens is 1. The largest absolute Gasteiger partial charge is 0.317 e. The molecule has 1 aliphatic carbocycles. The Hall–Kier alpha value is 0.250. The smallest absolute Gasteiger partial charge is 0.00436 e. The maximum Gasteiger partial charge on any atom is -0.00436 e. The van der Waals surface area contributed by atoms with Crippen molar-refractivity contribution >= 4 is 12.4 Å². The number of hydrogen-bond acceptors (Lipinski definition) is 1. The average molecular weight is 190 g/mol. The molecule has 2 aliphatic rings. The van der Waals surface area contributed by atoms with Crippen LogP contribution in [-0.4, -0.2) is 13.1 Å². The molecule has 1 heterocycles. The molecule has 0 aromatic rings. The van der Waals surface area contributed by atoms with Gasteiger partial charge >= 0.3 is 0 Å². The van der Waals surface area contributed by atoms with Crippen LogP contribution in [0.5, 0.6) is 0 Å². The normalized spacial score (nSPS) is 28.0. The predicted molar refractivity (Wildman–Crippen MR) is 54.9 cm³/mol. The van der Waals surface area contributed by atoms with Crippen LogP contribution >= 0.6 is 12.4 Å². The number of hydrogen-bond donors (Lipinski definition) is 1. The third-order valence-electron chi connectivity index (χ3n) is 3.58. The van der Waals surface area contributed by atoms with Gasteiger partial charge < -0.3 is 5.32 Å². The number of piperidine rings is 1. The van der Waals surface area contributed by atoms with Crippen LogP contribution < -0.4 is 5.32 Å². The van der Waals surface area contributed by atoms with Crippen LogP contribution in [0.15, 0.2) is 0 Å². The molecule has 1 nitrogen and oxygen atoms in total.